The van der Waals surface area contributed by atoms with Gasteiger partial charge in [-0.05, 0) is 67.4 Å². The highest BCUT2D eigenvalue weighted by atomic mass is 16.2. The molecule has 0 unspecified atom stereocenters. The largest absolute Gasteiger partial charge is 0.350 e. The molecule has 2 N–H and O–H groups in total. The summed E-state index contributed by atoms with van der Waals surface area (Å²) in [6, 6.07) is 8.17. The molecule has 0 spiro atoms. The molecule has 1 aromatic heterocycles. The van der Waals surface area contributed by atoms with E-state index in [-0.39, 0.29) is 23.8 Å². The topological polar surface area (TPSA) is 76.0 Å². The Balaban J connectivity index is 1.11. The number of benzene rings is 1. The van der Waals surface area contributed by atoms with E-state index in [1.54, 1.807) is 12.5 Å². The van der Waals surface area contributed by atoms with Crippen molar-refractivity contribution in [1.82, 2.24) is 20.2 Å². The van der Waals surface area contributed by atoms with Crippen LogP contribution < -0.4 is 10.6 Å². The van der Waals surface area contributed by atoms with E-state index in [1.807, 2.05) is 22.9 Å². The molecular weight excluding hydrogens is 376 g/mol. The van der Waals surface area contributed by atoms with Gasteiger partial charge in [0.2, 0.25) is 11.8 Å². The summed E-state index contributed by atoms with van der Waals surface area (Å²) in [4.78, 5) is 29.4. The first-order valence-electron chi connectivity index (χ1n) is 11.2. The van der Waals surface area contributed by atoms with Crippen LogP contribution >= 0.6 is 0 Å². The highest BCUT2D eigenvalue weighted by Crippen LogP contribution is 2.60. The normalized spacial score (nSPS) is 29.0. The number of imidazole rings is 1. The van der Waals surface area contributed by atoms with E-state index in [0.717, 1.165) is 54.7 Å². The number of carbonyl (C=O) groups is 2. The molecule has 0 saturated heterocycles. The summed E-state index contributed by atoms with van der Waals surface area (Å²) < 4.78 is 2.01. The molecule has 1 heterocycles. The Bertz CT molecular complexity index is 886. The Morgan fingerprint density at radius 2 is 1.73 bits per heavy atom. The highest BCUT2D eigenvalue weighted by molar-refractivity contribution is 5.88. The quantitative estimate of drug-likeness (QED) is 0.742. The first kappa shape index (κ1) is 19.3. The molecule has 2 aromatic rings. The number of nitrogens with one attached hydrogen (secondary N) is 2. The van der Waals surface area contributed by atoms with Gasteiger partial charge in [0.1, 0.15) is 0 Å². The van der Waals surface area contributed by atoms with Crippen LogP contribution in [0, 0.1) is 23.2 Å². The second kappa shape index (κ2) is 7.89. The monoisotopic (exact) mass is 406 g/mol. The van der Waals surface area contributed by atoms with Crippen LogP contribution in [0.1, 0.15) is 49.7 Å². The summed E-state index contributed by atoms with van der Waals surface area (Å²) in [5.41, 5.74) is 2.01. The third-order valence-corrected chi connectivity index (χ3v) is 7.33. The molecule has 4 bridgehead atoms. The van der Waals surface area contributed by atoms with E-state index in [2.05, 4.69) is 27.8 Å². The average molecular weight is 407 g/mol. The predicted octanol–water partition coefficient (Wildman–Crippen LogP) is 2.88. The first-order valence-corrected chi connectivity index (χ1v) is 11.2. The van der Waals surface area contributed by atoms with Gasteiger partial charge in [-0.25, -0.2) is 4.98 Å². The maximum atomic E-state index is 13.0. The van der Waals surface area contributed by atoms with Gasteiger partial charge in [0.25, 0.3) is 0 Å². The van der Waals surface area contributed by atoms with E-state index < -0.39 is 0 Å². The van der Waals surface area contributed by atoms with Crippen molar-refractivity contribution in [1.29, 1.82) is 0 Å². The minimum absolute atomic E-state index is 0.0648. The Labute approximate surface area is 177 Å². The molecule has 0 radical (unpaired) electrons. The first-order chi connectivity index (χ1) is 14.6. The standard InChI is InChI=1S/C24H30N4O2/c29-22(26-13-17-2-1-3-18(6-17)15-28-5-4-25-16-28)14-27-23(30)24-10-19-7-20(11-24)9-21(8-19)12-24/h1-6,16,19-21H,7-15H2,(H,26,29)(H,27,30). The summed E-state index contributed by atoms with van der Waals surface area (Å²) in [6.07, 6.45) is 12.5. The van der Waals surface area contributed by atoms with Crippen molar-refractivity contribution < 1.29 is 9.59 Å². The van der Waals surface area contributed by atoms with Crippen LogP contribution in [0.25, 0.3) is 0 Å². The lowest BCUT2D eigenvalue weighted by Crippen LogP contribution is -2.54. The van der Waals surface area contributed by atoms with Gasteiger partial charge in [-0.15, -0.1) is 0 Å². The zero-order valence-electron chi connectivity index (χ0n) is 17.3. The SMILES string of the molecule is O=C(CNC(=O)C12CC3CC(CC(C3)C1)C2)NCc1cccc(Cn2ccnc2)c1. The molecule has 6 rings (SSSR count). The molecule has 4 aliphatic carbocycles. The van der Waals surface area contributed by atoms with E-state index >= 15 is 0 Å². The molecule has 4 saturated carbocycles. The van der Waals surface area contributed by atoms with Crippen LogP contribution in [0.15, 0.2) is 43.0 Å². The Kier molecular flexibility index (Phi) is 5.09. The molecule has 0 aliphatic heterocycles. The number of carbonyl (C=O) groups excluding carboxylic acids is 2. The van der Waals surface area contributed by atoms with Crippen molar-refractivity contribution in [3.05, 3.63) is 54.1 Å². The van der Waals surface area contributed by atoms with Gasteiger partial charge >= 0.3 is 0 Å². The minimum Gasteiger partial charge on any atom is -0.350 e. The minimum atomic E-state index is -0.198. The van der Waals surface area contributed by atoms with Crippen LogP contribution in [-0.4, -0.2) is 27.9 Å². The van der Waals surface area contributed by atoms with Gasteiger partial charge in [-0.1, -0.05) is 24.3 Å². The molecule has 30 heavy (non-hydrogen) atoms. The number of amides is 2. The van der Waals surface area contributed by atoms with Gasteiger partial charge in [0, 0.05) is 30.9 Å². The third-order valence-electron chi connectivity index (χ3n) is 7.33. The third kappa shape index (κ3) is 4.00. The van der Waals surface area contributed by atoms with Crippen LogP contribution in [0.2, 0.25) is 0 Å². The van der Waals surface area contributed by atoms with Crippen LogP contribution in [0.3, 0.4) is 0 Å². The predicted molar refractivity (Wildman–Crippen MR) is 113 cm³/mol. The maximum Gasteiger partial charge on any atom is 0.239 e. The second-order valence-corrected chi connectivity index (χ2v) is 9.71. The van der Waals surface area contributed by atoms with Crippen molar-refractivity contribution in [3.8, 4) is 0 Å². The fraction of sp³-hybridized carbons (Fsp3) is 0.542. The number of hydrogen-bond acceptors (Lipinski definition) is 3. The van der Waals surface area contributed by atoms with Crippen molar-refractivity contribution >= 4 is 11.8 Å². The van der Waals surface area contributed by atoms with Gasteiger partial charge in [-0.2, -0.15) is 0 Å². The van der Waals surface area contributed by atoms with Crippen molar-refractivity contribution in [3.63, 3.8) is 0 Å². The molecule has 4 fully saturated rings. The van der Waals surface area contributed by atoms with E-state index in [9.17, 15) is 9.59 Å². The van der Waals surface area contributed by atoms with Gasteiger partial charge in [0.05, 0.1) is 12.9 Å². The van der Waals surface area contributed by atoms with E-state index in [0.29, 0.717) is 6.54 Å². The van der Waals surface area contributed by atoms with Gasteiger partial charge < -0.3 is 15.2 Å². The van der Waals surface area contributed by atoms with Gasteiger partial charge in [-0.3, -0.25) is 9.59 Å². The maximum absolute atomic E-state index is 13.0. The van der Waals surface area contributed by atoms with Crippen molar-refractivity contribution in [2.24, 2.45) is 23.2 Å². The lowest BCUT2D eigenvalue weighted by Gasteiger charge is -2.55. The number of aromatic nitrogens is 2. The summed E-state index contributed by atoms with van der Waals surface area (Å²) in [5.74, 6) is 2.16. The number of nitrogens with zero attached hydrogens (tertiary/aromatic N) is 2. The highest BCUT2D eigenvalue weighted by Gasteiger charge is 2.54. The smallest absolute Gasteiger partial charge is 0.239 e. The van der Waals surface area contributed by atoms with Crippen LogP contribution in [0.5, 0.6) is 0 Å². The molecule has 4 aliphatic rings. The Morgan fingerprint density at radius 1 is 1.03 bits per heavy atom. The fourth-order valence-corrected chi connectivity index (χ4v) is 6.43. The molecular formula is C24H30N4O2. The summed E-state index contributed by atoms with van der Waals surface area (Å²) in [6.45, 7) is 1.28. The summed E-state index contributed by atoms with van der Waals surface area (Å²) >= 11 is 0. The van der Waals surface area contributed by atoms with Crippen LogP contribution in [-0.2, 0) is 22.7 Å². The van der Waals surface area contributed by atoms with Crippen molar-refractivity contribution in [2.75, 3.05) is 6.54 Å². The summed E-state index contributed by atoms with van der Waals surface area (Å²) in [5, 5.41) is 5.90. The average Bonchev–Trinajstić information content (AvgIpc) is 3.23. The Morgan fingerprint density at radius 3 is 2.40 bits per heavy atom. The molecule has 2 amide bonds. The Hall–Kier alpha value is -2.63. The molecule has 0 atom stereocenters. The fourth-order valence-electron chi connectivity index (χ4n) is 6.43. The molecule has 6 nitrogen and oxygen atoms in total. The van der Waals surface area contributed by atoms with Crippen LogP contribution in [0.4, 0.5) is 0 Å². The van der Waals surface area contributed by atoms with Crippen molar-refractivity contribution in [2.45, 2.75) is 51.6 Å². The lowest BCUT2D eigenvalue weighted by atomic mass is 9.49. The second-order valence-electron chi connectivity index (χ2n) is 9.71. The zero-order chi connectivity index (χ0) is 20.6. The lowest BCUT2D eigenvalue weighted by molar-refractivity contribution is -0.147. The van der Waals surface area contributed by atoms with E-state index in [1.165, 1.54) is 19.3 Å². The number of hydrogen-bond donors (Lipinski definition) is 2. The van der Waals surface area contributed by atoms with Gasteiger partial charge in [0.15, 0.2) is 0 Å². The molecule has 1 aromatic carbocycles. The number of rotatable bonds is 7. The van der Waals surface area contributed by atoms with E-state index in [4.69, 9.17) is 0 Å². The zero-order valence-corrected chi connectivity index (χ0v) is 17.3. The summed E-state index contributed by atoms with van der Waals surface area (Å²) in [7, 11) is 0. The molecule has 6 heteroatoms. The molecule has 158 valence electrons.